The van der Waals surface area contributed by atoms with Crippen molar-refractivity contribution in [2.24, 2.45) is 0 Å². The van der Waals surface area contributed by atoms with E-state index in [1.54, 1.807) is 0 Å². The predicted octanol–water partition coefficient (Wildman–Crippen LogP) is 2.87. The molecular formula is C11H8N2S. The van der Waals surface area contributed by atoms with Crippen LogP contribution in [0.25, 0.3) is 11.1 Å². The van der Waals surface area contributed by atoms with Crippen LogP contribution in [0.1, 0.15) is 4.88 Å². The van der Waals surface area contributed by atoms with Gasteiger partial charge in [-0.2, -0.15) is 5.26 Å². The lowest BCUT2D eigenvalue weighted by Gasteiger charge is -1.97. The molecule has 14 heavy (non-hydrogen) atoms. The van der Waals surface area contributed by atoms with Crippen molar-refractivity contribution in [1.29, 1.82) is 5.26 Å². The molecule has 1 aromatic heterocycles. The zero-order valence-electron chi connectivity index (χ0n) is 7.40. The van der Waals surface area contributed by atoms with E-state index in [9.17, 15) is 0 Å². The zero-order chi connectivity index (χ0) is 9.97. The maximum absolute atomic E-state index is 8.68. The molecule has 3 heteroatoms. The first-order valence-electron chi connectivity index (χ1n) is 4.14. The van der Waals surface area contributed by atoms with E-state index >= 15 is 0 Å². The molecule has 0 aliphatic heterocycles. The second-order valence-corrected chi connectivity index (χ2v) is 3.84. The number of hydrogen-bond acceptors (Lipinski definition) is 3. The van der Waals surface area contributed by atoms with Crippen LogP contribution in [0.4, 0.5) is 5.69 Å². The highest BCUT2D eigenvalue weighted by molar-refractivity contribution is 7.10. The van der Waals surface area contributed by atoms with Gasteiger partial charge in [0.2, 0.25) is 0 Å². The van der Waals surface area contributed by atoms with Crippen LogP contribution in [0.3, 0.4) is 0 Å². The summed E-state index contributed by atoms with van der Waals surface area (Å²) < 4.78 is 0. The standard InChI is InChI=1S/C11H8N2S/c12-6-11-5-9(7-14-11)8-1-3-10(13)4-2-8/h1-5,7H,13H2. The Labute approximate surface area is 86.2 Å². The van der Waals surface area contributed by atoms with Crippen LogP contribution >= 0.6 is 11.3 Å². The molecule has 0 spiro atoms. The van der Waals surface area contributed by atoms with Gasteiger partial charge in [-0.25, -0.2) is 0 Å². The van der Waals surface area contributed by atoms with Gasteiger partial charge in [0.05, 0.1) is 0 Å². The molecule has 0 aliphatic carbocycles. The Balaban J connectivity index is 2.40. The van der Waals surface area contributed by atoms with Crippen molar-refractivity contribution >= 4 is 17.0 Å². The van der Waals surface area contributed by atoms with E-state index < -0.39 is 0 Å². The molecular weight excluding hydrogens is 192 g/mol. The number of benzene rings is 1. The molecule has 0 saturated heterocycles. The SMILES string of the molecule is N#Cc1cc(-c2ccc(N)cc2)cs1. The summed E-state index contributed by atoms with van der Waals surface area (Å²) >= 11 is 1.46. The van der Waals surface area contributed by atoms with Crippen molar-refractivity contribution in [1.82, 2.24) is 0 Å². The molecule has 0 saturated carbocycles. The Bertz CT molecular complexity index is 477. The third-order valence-electron chi connectivity index (χ3n) is 1.95. The molecule has 0 unspecified atom stereocenters. The van der Waals surface area contributed by atoms with Crippen LogP contribution in [0, 0.1) is 11.3 Å². The fourth-order valence-corrected chi connectivity index (χ4v) is 1.93. The highest BCUT2D eigenvalue weighted by Gasteiger charge is 2.00. The molecule has 2 aromatic rings. The molecule has 1 aromatic carbocycles. The lowest BCUT2D eigenvalue weighted by atomic mass is 10.1. The number of rotatable bonds is 1. The van der Waals surface area contributed by atoms with Gasteiger partial charge in [0, 0.05) is 5.69 Å². The van der Waals surface area contributed by atoms with Crippen LogP contribution in [0.2, 0.25) is 0 Å². The van der Waals surface area contributed by atoms with Crippen LogP contribution < -0.4 is 5.73 Å². The highest BCUT2D eigenvalue weighted by atomic mass is 32.1. The molecule has 0 amide bonds. The number of nitriles is 1. The van der Waals surface area contributed by atoms with Crippen molar-refractivity contribution in [2.45, 2.75) is 0 Å². The number of hydrogen-bond donors (Lipinski definition) is 1. The fourth-order valence-electron chi connectivity index (χ4n) is 1.22. The maximum atomic E-state index is 8.68. The molecule has 2 nitrogen and oxygen atoms in total. The van der Waals surface area contributed by atoms with Crippen molar-refractivity contribution in [3.05, 3.63) is 40.6 Å². The summed E-state index contributed by atoms with van der Waals surface area (Å²) in [5, 5.41) is 10.7. The van der Waals surface area contributed by atoms with Gasteiger partial charge in [-0.1, -0.05) is 12.1 Å². The van der Waals surface area contributed by atoms with Gasteiger partial charge >= 0.3 is 0 Å². The first-order chi connectivity index (χ1) is 6.79. The summed E-state index contributed by atoms with van der Waals surface area (Å²) in [4.78, 5) is 0.733. The second kappa shape index (κ2) is 3.52. The minimum Gasteiger partial charge on any atom is -0.399 e. The molecule has 2 rings (SSSR count). The number of anilines is 1. The summed E-state index contributed by atoms with van der Waals surface area (Å²) in [7, 11) is 0. The molecule has 2 N–H and O–H groups in total. The lowest BCUT2D eigenvalue weighted by Crippen LogP contribution is -1.82. The monoisotopic (exact) mass is 200 g/mol. The van der Waals surface area contributed by atoms with Gasteiger partial charge in [-0.3, -0.25) is 0 Å². The molecule has 0 atom stereocenters. The van der Waals surface area contributed by atoms with Gasteiger partial charge in [-0.05, 0) is 34.7 Å². The number of thiophene rings is 1. The lowest BCUT2D eigenvalue weighted by molar-refractivity contribution is 1.52. The average Bonchev–Trinajstić information content (AvgIpc) is 2.67. The first kappa shape index (κ1) is 8.79. The predicted molar refractivity (Wildman–Crippen MR) is 58.9 cm³/mol. The summed E-state index contributed by atoms with van der Waals surface area (Å²) in [6, 6.07) is 11.6. The topological polar surface area (TPSA) is 49.8 Å². The summed E-state index contributed by atoms with van der Waals surface area (Å²) in [6.07, 6.45) is 0. The maximum Gasteiger partial charge on any atom is 0.110 e. The molecule has 0 aliphatic rings. The Morgan fingerprint density at radius 2 is 1.86 bits per heavy atom. The average molecular weight is 200 g/mol. The quantitative estimate of drug-likeness (QED) is 0.719. The third-order valence-corrected chi connectivity index (χ3v) is 2.79. The van der Waals surface area contributed by atoms with Crippen LogP contribution in [-0.2, 0) is 0 Å². The minimum atomic E-state index is 0.733. The van der Waals surface area contributed by atoms with E-state index in [0.717, 1.165) is 21.7 Å². The van der Waals surface area contributed by atoms with Gasteiger partial charge in [0.1, 0.15) is 10.9 Å². The van der Waals surface area contributed by atoms with Crippen LogP contribution in [-0.4, -0.2) is 0 Å². The van der Waals surface area contributed by atoms with Crippen LogP contribution in [0.5, 0.6) is 0 Å². The molecule has 1 heterocycles. The van der Waals surface area contributed by atoms with Crippen molar-refractivity contribution < 1.29 is 0 Å². The van der Waals surface area contributed by atoms with Crippen molar-refractivity contribution in [3.8, 4) is 17.2 Å². The van der Waals surface area contributed by atoms with E-state index in [1.165, 1.54) is 11.3 Å². The minimum absolute atomic E-state index is 0.733. The van der Waals surface area contributed by atoms with Gasteiger partial charge in [-0.15, -0.1) is 11.3 Å². The number of nitrogens with zero attached hydrogens (tertiary/aromatic N) is 1. The second-order valence-electron chi connectivity index (χ2n) is 2.93. The smallest absolute Gasteiger partial charge is 0.110 e. The summed E-state index contributed by atoms with van der Waals surface area (Å²) in [5.74, 6) is 0. The summed E-state index contributed by atoms with van der Waals surface area (Å²) in [6.45, 7) is 0. The third kappa shape index (κ3) is 1.61. The van der Waals surface area contributed by atoms with E-state index in [0.29, 0.717) is 0 Å². The first-order valence-corrected chi connectivity index (χ1v) is 5.02. The Kier molecular flexibility index (Phi) is 2.21. The largest absolute Gasteiger partial charge is 0.399 e. The fraction of sp³-hybridized carbons (Fsp3) is 0. The van der Waals surface area contributed by atoms with E-state index in [-0.39, 0.29) is 0 Å². The Hall–Kier alpha value is -1.79. The molecule has 0 fully saturated rings. The molecule has 0 bridgehead atoms. The van der Waals surface area contributed by atoms with E-state index in [2.05, 4.69) is 6.07 Å². The molecule has 68 valence electrons. The Morgan fingerprint density at radius 3 is 2.43 bits per heavy atom. The normalized spacial score (nSPS) is 9.64. The number of nitrogen functional groups attached to an aromatic ring is 1. The van der Waals surface area contributed by atoms with Crippen molar-refractivity contribution in [2.75, 3.05) is 5.73 Å². The van der Waals surface area contributed by atoms with Gasteiger partial charge < -0.3 is 5.73 Å². The Morgan fingerprint density at radius 1 is 1.14 bits per heavy atom. The summed E-state index contributed by atoms with van der Waals surface area (Å²) in [5.41, 5.74) is 8.51. The van der Waals surface area contributed by atoms with E-state index in [1.807, 2.05) is 35.7 Å². The zero-order valence-corrected chi connectivity index (χ0v) is 8.21. The van der Waals surface area contributed by atoms with E-state index in [4.69, 9.17) is 11.0 Å². The highest BCUT2D eigenvalue weighted by Crippen LogP contribution is 2.25. The molecule has 0 radical (unpaired) electrons. The van der Waals surface area contributed by atoms with Gasteiger partial charge in [0.15, 0.2) is 0 Å². The van der Waals surface area contributed by atoms with Crippen molar-refractivity contribution in [3.63, 3.8) is 0 Å². The number of nitrogens with two attached hydrogens (primary N) is 1. The van der Waals surface area contributed by atoms with Crippen LogP contribution in [0.15, 0.2) is 35.7 Å². The van der Waals surface area contributed by atoms with Gasteiger partial charge in [0.25, 0.3) is 0 Å².